The molecule has 196 valence electrons. The normalized spacial score (nSPS) is 18.6. The number of aromatic nitrogens is 2. The van der Waals surface area contributed by atoms with Crippen molar-refractivity contribution >= 4 is 28.0 Å². The molecule has 1 aromatic carbocycles. The predicted molar refractivity (Wildman–Crippen MR) is 134 cm³/mol. The lowest BCUT2D eigenvalue weighted by Crippen LogP contribution is -2.33. The number of esters is 1. The number of ether oxygens (including phenoxy) is 3. The summed E-state index contributed by atoms with van der Waals surface area (Å²) in [4.78, 5) is 21.2. The Balaban J connectivity index is 2.05. The van der Waals surface area contributed by atoms with E-state index in [-0.39, 0.29) is 37.2 Å². The van der Waals surface area contributed by atoms with Gasteiger partial charge in [-0.2, -0.15) is 0 Å². The summed E-state index contributed by atoms with van der Waals surface area (Å²) >= 11 is 0. The third-order valence-corrected chi connectivity index (χ3v) is 6.81. The van der Waals surface area contributed by atoms with Gasteiger partial charge in [-0.25, -0.2) is 27.1 Å². The quantitative estimate of drug-likeness (QED) is 0.263. The number of hydrogen-bond acceptors (Lipinski definition) is 8. The summed E-state index contributed by atoms with van der Waals surface area (Å²) in [6, 6.07) is 5.76. The van der Waals surface area contributed by atoms with E-state index in [0.717, 1.165) is 10.6 Å². The lowest BCUT2D eigenvalue weighted by molar-refractivity contribution is -0.166. The summed E-state index contributed by atoms with van der Waals surface area (Å²) < 4.78 is 55.4. The number of rotatable bonds is 10. The van der Waals surface area contributed by atoms with Gasteiger partial charge in [0.15, 0.2) is 0 Å². The molecule has 3 rings (SSSR count). The molecule has 2 atom stereocenters. The molecule has 0 aliphatic carbocycles. The molecule has 0 saturated carbocycles. The maximum Gasteiger partial charge on any atom is 0.309 e. The Labute approximate surface area is 211 Å². The highest BCUT2D eigenvalue weighted by molar-refractivity contribution is 7.92. The average molecular weight is 522 g/mol. The highest BCUT2D eigenvalue weighted by Gasteiger charge is 2.28. The molecule has 1 aliphatic rings. The molecule has 0 bridgehead atoms. The van der Waals surface area contributed by atoms with Crippen molar-refractivity contribution in [2.75, 3.05) is 31.0 Å². The van der Waals surface area contributed by atoms with Gasteiger partial charge in [0.05, 0.1) is 30.2 Å². The Morgan fingerprint density at radius 2 is 1.94 bits per heavy atom. The SMILES string of the molecule is CCOCO[C@@H]1CC(=O)O[C@H](/C=C/c2c(-c3ccc(F)cc3)nc(N(C)S(C)(=O)=O)nc2C(C)C)C1. The molecule has 0 amide bonds. The van der Waals surface area contributed by atoms with Gasteiger partial charge in [0.25, 0.3) is 0 Å². The van der Waals surface area contributed by atoms with Crippen LogP contribution in [0.15, 0.2) is 30.3 Å². The van der Waals surface area contributed by atoms with Gasteiger partial charge in [-0.1, -0.05) is 19.9 Å². The summed E-state index contributed by atoms with van der Waals surface area (Å²) in [5.41, 5.74) is 2.23. The van der Waals surface area contributed by atoms with E-state index in [9.17, 15) is 17.6 Å². The molecular formula is C25H32FN3O6S. The Kier molecular flexibility index (Phi) is 9.15. The number of sulfonamides is 1. The number of benzene rings is 1. The van der Waals surface area contributed by atoms with E-state index in [4.69, 9.17) is 14.2 Å². The molecule has 11 heteroatoms. The lowest BCUT2D eigenvalue weighted by Gasteiger charge is -2.27. The molecule has 1 saturated heterocycles. The molecule has 2 heterocycles. The molecule has 1 fully saturated rings. The van der Waals surface area contributed by atoms with Crippen molar-refractivity contribution in [1.82, 2.24) is 9.97 Å². The number of nitrogens with zero attached hydrogens (tertiary/aromatic N) is 3. The second kappa shape index (κ2) is 11.9. The van der Waals surface area contributed by atoms with Gasteiger partial charge in [0.1, 0.15) is 18.7 Å². The predicted octanol–water partition coefficient (Wildman–Crippen LogP) is 3.90. The maximum atomic E-state index is 13.6. The summed E-state index contributed by atoms with van der Waals surface area (Å²) in [5.74, 6) is -0.878. The molecule has 0 radical (unpaired) electrons. The van der Waals surface area contributed by atoms with E-state index in [1.807, 2.05) is 20.8 Å². The molecular weight excluding hydrogens is 489 g/mol. The van der Waals surface area contributed by atoms with E-state index < -0.39 is 21.9 Å². The van der Waals surface area contributed by atoms with Gasteiger partial charge in [-0.3, -0.25) is 4.79 Å². The fraction of sp³-hybridized carbons (Fsp3) is 0.480. The molecule has 36 heavy (non-hydrogen) atoms. The first-order valence-electron chi connectivity index (χ1n) is 11.7. The molecule has 1 aromatic heterocycles. The Hall–Kier alpha value is -2.89. The van der Waals surface area contributed by atoms with Crippen LogP contribution in [0, 0.1) is 5.82 Å². The van der Waals surface area contributed by atoms with Crippen LogP contribution in [-0.4, -0.2) is 63.3 Å². The van der Waals surface area contributed by atoms with Gasteiger partial charge < -0.3 is 14.2 Å². The third kappa shape index (κ3) is 7.08. The zero-order valence-corrected chi connectivity index (χ0v) is 21.9. The third-order valence-electron chi connectivity index (χ3n) is 5.65. The maximum absolute atomic E-state index is 13.6. The topological polar surface area (TPSA) is 108 Å². The van der Waals surface area contributed by atoms with E-state index in [0.29, 0.717) is 35.5 Å². The fourth-order valence-corrected chi connectivity index (χ4v) is 4.04. The molecule has 1 aliphatic heterocycles. The molecule has 0 unspecified atom stereocenters. The van der Waals surface area contributed by atoms with Gasteiger partial charge in [0.2, 0.25) is 16.0 Å². The van der Waals surface area contributed by atoms with Crippen LogP contribution >= 0.6 is 0 Å². The van der Waals surface area contributed by atoms with Crippen molar-refractivity contribution in [1.29, 1.82) is 0 Å². The monoisotopic (exact) mass is 521 g/mol. The number of carbonyl (C=O) groups excluding carboxylic acids is 1. The van der Waals surface area contributed by atoms with Crippen molar-refractivity contribution in [2.45, 2.75) is 51.7 Å². The minimum Gasteiger partial charge on any atom is -0.458 e. The fourth-order valence-electron chi connectivity index (χ4n) is 3.67. The lowest BCUT2D eigenvalue weighted by atomic mass is 9.97. The van der Waals surface area contributed by atoms with Crippen molar-refractivity contribution in [3.63, 3.8) is 0 Å². The van der Waals surface area contributed by atoms with E-state index in [2.05, 4.69) is 9.97 Å². The van der Waals surface area contributed by atoms with Crippen LogP contribution in [0.2, 0.25) is 0 Å². The number of halogens is 1. The Morgan fingerprint density at radius 1 is 1.25 bits per heavy atom. The zero-order chi connectivity index (χ0) is 26.5. The van der Waals surface area contributed by atoms with Crippen LogP contribution in [0.25, 0.3) is 17.3 Å². The molecule has 0 N–H and O–H groups in total. The Morgan fingerprint density at radius 3 is 2.56 bits per heavy atom. The van der Waals surface area contributed by atoms with Crippen LogP contribution < -0.4 is 4.31 Å². The molecule has 2 aromatic rings. The highest BCUT2D eigenvalue weighted by atomic mass is 32.2. The first-order chi connectivity index (χ1) is 17.0. The van der Waals surface area contributed by atoms with E-state index in [1.54, 1.807) is 24.3 Å². The van der Waals surface area contributed by atoms with Crippen LogP contribution in [0.5, 0.6) is 0 Å². The first-order valence-corrected chi connectivity index (χ1v) is 13.5. The summed E-state index contributed by atoms with van der Waals surface area (Å²) in [7, 11) is -2.24. The minimum atomic E-state index is -3.62. The summed E-state index contributed by atoms with van der Waals surface area (Å²) in [5, 5.41) is 0. The second-order valence-electron chi connectivity index (χ2n) is 8.79. The van der Waals surface area contributed by atoms with Crippen molar-refractivity contribution in [3.05, 3.63) is 47.4 Å². The summed E-state index contributed by atoms with van der Waals surface area (Å²) in [6.45, 7) is 6.32. The van der Waals surface area contributed by atoms with Gasteiger partial charge in [-0.15, -0.1) is 0 Å². The van der Waals surface area contributed by atoms with Crippen LogP contribution in [0.3, 0.4) is 0 Å². The highest BCUT2D eigenvalue weighted by Crippen LogP contribution is 2.32. The minimum absolute atomic E-state index is 0.00570. The number of hydrogen-bond donors (Lipinski definition) is 0. The smallest absolute Gasteiger partial charge is 0.309 e. The van der Waals surface area contributed by atoms with Gasteiger partial charge in [-0.05, 0) is 43.2 Å². The number of cyclic esters (lactones) is 1. The molecule has 9 nitrogen and oxygen atoms in total. The van der Waals surface area contributed by atoms with Crippen LogP contribution in [-0.2, 0) is 29.0 Å². The Bertz CT molecular complexity index is 1200. The van der Waals surface area contributed by atoms with Crippen LogP contribution in [0.4, 0.5) is 10.3 Å². The van der Waals surface area contributed by atoms with E-state index >= 15 is 0 Å². The van der Waals surface area contributed by atoms with Gasteiger partial charge >= 0.3 is 5.97 Å². The zero-order valence-electron chi connectivity index (χ0n) is 21.1. The van der Waals surface area contributed by atoms with E-state index in [1.165, 1.54) is 19.2 Å². The van der Waals surface area contributed by atoms with Crippen molar-refractivity contribution in [2.24, 2.45) is 0 Å². The van der Waals surface area contributed by atoms with Gasteiger partial charge in [0, 0.05) is 31.2 Å². The average Bonchev–Trinajstić information content (AvgIpc) is 2.81. The summed E-state index contributed by atoms with van der Waals surface area (Å²) in [6.07, 6.45) is 4.29. The van der Waals surface area contributed by atoms with Crippen molar-refractivity contribution in [3.8, 4) is 11.3 Å². The standard InChI is InChI=1S/C25H32FN3O6S/c1-6-33-15-34-20-13-19(35-22(30)14-20)11-12-21-23(16(2)3)27-25(29(4)36(5,31)32)28-24(21)17-7-9-18(26)10-8-17/h7-12,16,19-20H,6,13-15H2,1-5H3/b12-11+/t19-,20+/m1/s1. The first kappa shape index (κ1) is 27.7. The van der Waals surface area contributed by atoms with Crippen molar-refractivity contribution < 1.29 is 31.8 Å². The largest absolute Gasteiger partial charge is 0.458 e. The molecule has 0 spiro atoms. The number of carbonyl (C=O) groups is 1. The second-order valence-corrected chi connectivity index (χ2v) is 10.8. The van der Waals surface area contributed by atoms with Crippen LogP contribution in [0.1, 0.15) is 50.8 Å². The number of anilines is 1.